The molecule has 0 radical (unpaired) electrons. The van der Waals surface area contributed by atoms with Crippen molar-refractivity contribution in [2.45, 2.75) is 31.5 Å². The first kappa shape index (κ1) is 18.1. The number of likely N-dealkylation sites (tertiary alicyclic amines) is 1. The molecule has 0 aliphatic carbocycles. The maximum atomic E-state index is 13.9. The molecule has 26 heavy (non-hydrogen) atoms. The van der Waals surface area contributed by atoms with Crippen LogP contribution in [0.25, 0.3) is 0 Å². The standard InChI is InChI=1S/C19H22FN3O3/c1-2-9-23-14-15(12-21-23)13-22-10-7-19(8-11-22,18(24)25)26-17-6-4-3-5-16(17)20/h2-6,12,14H,1,7-11,13H2,(H,24,25). The highest BCUT2D eigenvalue weighted by Crippen LogP contribution is 2.31. The summed E-state index contributed by atoms with van der Waals surface area (Å²) in [6, 6.07) is 5.90. The number of para-hydroxylation sites is 1. The average molecular weight is 359 g/mol. The van der Waals surface area contributed by atoms with E-state index in [2.05, 4.69) is 16.6 Å². The minimum atomic E-state index is -1.40. The van der Waals surface area contributed by atoms with E-state index in [4.69, 9.17) is 4.74 Å². The Balaban J connectivity index is 1.64. The molecule has 0 spiro atoms. The molecule has 1 fully saturated rings. The summed E-state index contributed by atoms with van der Waals surface area (Å²) in [7, 11) is 0. The van der Waals surface area contributed by atoms with E-state index in [0.29, 0.717) is 26.2 Å². The van der Waals surface area contributed by atoms with Gasteiger partial charge in [0.15, 0.2) is 11.6 Å². The van der Waals surface area contributed by atoms with Gasteiger partial charge in [-0.1, -0.05) is 18.2 Å². The number of ether oxygens (including phenoxy) is 1. The van der Waals surface area contributed by atoms with E-state index in [9.17, 15) is 14.3 Å². The van der Waals surface area contributed by atoms with Crippen LogP contribution in [-0.4, -0.2) is 44.4 Å². The molecule has 0 saturated carbocycles. The van der Waals surface area contributed by atoms with Crippen molar-refractivity contribution in [3.63, 3.8) is 0 Å². The van der Waals surface area contributed by atoms with Crippen LogP contribution >= 0.6 is 0 Å². The minimum Gasteiger partial charge on any atom is -0.478 e. The van der Waals surface area contributed by atoms with Gasteiger partial charge < -0.3 is 9.84 Å². The van der Waals surface area contributed by atoms with Crippen molar-refractivity contribution in [2.24, 2.45) is 0 Å². The predicted molar refractivity (Wildman–Crippen MR) is 94.3 cm³/mol. The zero-order chi connectivity index (χ0) is 18.6. The first-order valence-electron chi connectivity index (χ1n) is 8.54. The van der Waals surface area contributed by atoms with E-state index in [0.717, 1.165) is 5.56 Å². The van der Waals surface area contributed by atoms with Gasteiger partial charge >= 0.3 is 5.97 Å². The highest BCUT2D eigenvalue weighted by Gasteiger charge is 2.44. The Kier molecular flexibility index (Phi) is 5.37. The van der Waals surface area contributed by atoms with Gasteiger partial charge in [-0.2, -0.15) is 5.10 Å². The number of hydrogen-bond acceptors (Lipinski definition) is 4. The van der Waals surface area contributed by atoms with Crippen molar-refractivity contribution < 1.29 is 19.0 Å². The molecule has 1 aromatic heterocycles. The maximum Gasteiger partial charge on any atom is 0.348 e. The van der Waals surface area contributed by atoms with Gasteiger partial charge in [-0.05, 0) is 12.1 Å². The largest absolute Gasteiger partial charge is 0.478 e. The van der Waals surface area contributed by atoms with Crippen LogP contribution in [0.3, 0.4) is 0 Å². The first-order valence-corrected chi connectivity index (χ1v) is 8.54. The van der Waals surface area contributed by atoms with Gasteiger partial charge in [0.25, 0.3) is 0 Å². The van der Waals surface area contributed by atoms with E-state index in [-0.39, 0.29) is 18.6 Å². The van der Waals surface area contributed by atoms with Crippen LogP contribution < -0.4 is 4.74 Å². The molecule has 0 bridgehead atoms. The number of carboxylic acid groups (broad SMARTS) is 1. The minimum absolute atomic E-state index is 0.0194. The molecular formula is C19H22FN3O3. The van der Waals surface area contributed by atoms with Gasteiger partial charge in [0.1, 0.15) is 0 Å². The predicted octanol–water partition coefficient (Wildman–Crippen LogP) is 2.71. The lowest BCUT2D eigenvalue weighted by Gasteiger charge is -2.38. The molecule has 1 aliphatic heterocycles. The second-order valence-corrected chi connectivity index (χ2v) is 6.47. The number of carboxylic acids is 1. The topological polar surface area (TPSA) is 67.6 Å². The number of piperidine rings is 1. The smallest absolute Gasteiger partial charge is 0.348 e. The summed E-state index contributed by atoms with van der Waals surface area (Å²) in [5, 5.41) is 13.9. The average Bonchev–Trinajstić information content (AvgIpc) is 3.06. The molecule has 0 unspecified atom stereocenters. The SMILES string of the molecule is C=CCn1cc(CN2CCC(Oc3ccccc3F)(C(=O)O)CC2)cn1. The van der Waals surface area contributed by atoms with Crippen molar-refractivity contribution in [3.8, 4) is 5.75 Å². The lowest BCUT2D eigenvalue weighted by molar-refractivity contribution is -0.160. The summed E-state index contributed by atoms with van der Waals surface area (Å²) in [6.45, 7) is 6.12. The van der Waals surface area contributed by atoms with E-state index in [1.807, 2.05) is 6.20 Å². The lowest BCUT2D eigenvalue weighted by Crippen LogP contribution is -2.53. The van der Waals surface area contributed by atoms with E-state index in [1.54, 1.807) is 29.1 Å². The van der Waals surface area contributed by atoms with Crippen molar-refractivity contribution in [3.05, 3.63) is 60.7 Å². The first-order chi connectivity index (χ1) is 12.5. The number of nitrogens with zero attached hydrogens (tertiary/aromatic N) is 3. The lowest BCUT2D eigenvalue weighted by atomic mass is 9.91. The Morgan fingerprint density at radius 3 is 2.77 bits per heavy atom. The number of benzene rings is 1. The number of halogens is 1. The molecular weight excluding hydrogens is 337 g/mol. The molecule has 2 heterocycles. The number of aromatic nitrogens is 2. The summed E-state index contributed by atoms with van der Waals surface area (Å²) >= 11 is 0. The van der Waals surface area contributed by atoms with Gasteiger partial charge in [-0.25, -0.2) is 9.18 Å². The third-order valence-electron chi connectivity index (χ3n) is 4.60. The van der Waals surface area contributed by atoms with E-state index >= 15 is 0 Å². The number of allylic oxidation sites excluding steroid dienone is 1. The van der Waals surface area contributed by atoms with Crippen LogP contribution in [0.1, 0.15) is 18.4 Å². The van der Waals surface area contributed by atoms with Gasteiger partial charge in [0, 0.05) is 44.2 Å². The van der Waals surface area contributed by atoms with Crippen molar-refractivity contribution >= 4 is 5.97 Å². The molecule has 1 saturated heterocycles. The summed E-state index contributed by atoms with van der Waals surface area (Å²) in [4.78, 5) is 14.0. The monoisotopic (exact) mass is 359 g/mol. The molecule has 1 aliphatic rings. The summed E-state index contributed by atoms with van der Waals surface area (Å²) in [6.07, 6.45) is 6.11. The number of aliphatic carboxylic acids is 1. The fraction of sp³-hybridized carbons (Fsp3) is 0.368. The van der Waals surface area contributed by atoms with Gasteiger partial charge in [0.2, 0.25) is 5.60 Å². The molecule has 0 amide bonds. The highest BCUT2D eigenvalue weighted by molar-refractivity contribution is 5.78. The Labute approximate surface area is 151 Å². The number of rotatable bonds is 7. The van der Waals surface area contributed by atoms with Crippen molar-refractivity contribution in [1.82, 2.24) is 14.7 Å². The quantitative estimate of drug-likeness (QED) is 0.770. The Bertz CT molecular complexity index is 782. The van der Waals surface area contributed by atoms with E-state index in [1.165, 1.54) is 12.1 Å². The zero-order valence-corrected chi connectivity index (χ0v) is 14.5. The van der Waals surface area contributed by atoms with Crippen LogP contribution in [0.15, 0.2) is 49.3 Å². The molecule has 2 aromatic rings. The van der Waals surface area contributed by atoms with Crippen LogP contribution in [0, 0.1) is 5.82 Å². The highest BCUT2D eigenvalue weighted by atomic mass is 19.1. The van der Waals surface area contributed by atoms with Crippen LogP contribution in [0.4, 0.5) is 4.39 Å². The number of hydrogen-bond donors (Lipinski definition) is 1. The second kappa shape index (κ2) is 7.70. The fourth-order valence-corrected chi connectivity index (χ4v) is 3.15. The third-order valence-corrected chi connectivity index (χ3v) is 4.60. The van der Waals surface area contributed by atoms with Crippen LogP contribution in [-0.2, 0) is 17.9 Å². The molecule has 3 rings (SSSR count). The maximum absolute atomic E-state index is 13.9. The van der Waals surface area contributed by atoms with Gasteiger partial charge in [-0.3, -0.25) is 9.58 Å². The normalized spacial score (nSPS) is 17.0. The summed E-state index contributed by atoms with van der Waals surface area (Å²) < 4.78 is 21.3. The third kappa shape index (κ3) is 3.94. The van der Waals surface area contributed by atoms with Gasteiger partial charge in [0.05, 0.1) is 12.7 Å². The molecule has 1 aromatic carbocycles. The molecule has 138 valence electrons. The Morgan fingerprint density at radius 2 is 2.12 bits per heavy atom. The van der Waals surface area contributed by atoms with Gasteiger partial charge in [-0.15, -0.1) is 6.58 Å². The number of carbonyl (C=O) groups is 1. The fourth-order valence-electron chi connectivity index (χ4n) is 3.15. The van der Waals surface area contributed by atoms with Crippen LogP contribution in [0.2, 0.25) is 0 Å². The molecule has 7 heteroatoms. The molecule has 6 nitrogen and oxygen atoms in total. The van der Waals surface area contributed by atoms with Crippen LogP contribution in [0.5, 0.6) is 5.75 Å². The Hall–Kier alpha value is -2.67. The summed E-state index contributed by atoms with van der Waals surface area (Å²) in [5.41, 5.74) is -0.337. The summed E-state index contributed by atoms with van der Waals surface area (Å²) in [5.74, 6) is -1.63. The van der Waals surface area contributed by atoms with E-state index < -0.39 is 17.4 Å². The molecule has 1 N–H and O–H groups in total. The zero-order valence-electron chi connectivity index (χ0n) is 14.5. The van der Waals surface area contributed by atoms with Crippen molar-refractivity contribution in [2.75, 3.05) is 13.1 Å². The second-order valence-electron chi connectivity index (χ2n) is 6.47. The molecule has 0 atom stereocenters. The van der Waals surface area contributed by atoms with Crippen molar-refractivity contribution in [1.29, 1.82) is 0 Å². The Morgan fingerprint density at radius 1 is 1.38 bits per heavy atom.